The van der Waals surface area contributed by atoms with Crippen LogP contribution >= 0.6 is 23.2 Å². The van der Waals surface area contributed by atoms with Crippen molar-refractivity contribution in [2.45, 2.75) is 26.4 Å². The summed E-state index contributed by atoms with van der Waals surface area (Å²) in [5.74, 6) is -0.135. The molecule has 0 aliphatic heterocycles. The molecule has 0 N–H and O–H groups in total. The number of ether oxygens (including phenoxy) is 1. The average molecular weight is 417 g/mol. The van der Waals surface area contributed by atoms with Crippen molar-refractivity contribution < 1.29 is 9.53 Å². The van der Waals surface area contributed by atoms with Crippen molar-refractivity contribution in [1.82, 2.24) is 9.78 Å². The van der Waals surface area contributed by atoms with Gasteiger partial charge in [-0.3, -0.25) is 4.79 Å². The number of hydrogen-bond acceptors (Lipinski definition) is 4. The minimum absolute atomic E-state index is 0.0489. The number of aromatic nitrogens is 2. The number of carbonyl (C=O) groups is 1. The van der Waals surface area contributed by atoms with E-state index >= 15 is 0 Å². The van der Waals surface area contributed by atoms with E-state index in [9.17, 15) is 9.59 Å². The average Bonchev–Trinajstić information content (AvgIpc) is 2.71. The first kappa shape index (κ1) is 20.1. The van der Waals surface area contributed by atoms with Gasteiger partial charge in [0.2, 0.25) is 0 Å². The van der Waals surface area contributed by atoms with Gasteiger partial charge in [0.25, 0.3) is 5.56 Å². The van der Waals surface area contributed by atoms with Crippen LogP contribution in [0.2, 0.25) is 10.0 Å². The highest BCUT2D eigenvalue weighted by Gasteiger charge is 2.17. The second-order valence-electron chi connectivity index (χ2n) is 6.51. The molecule has 0 unspecified atom stereocenters. The van der Waals surface area contributed by atoms with Crippen molar-refractivity contribution >= 4 is 29.2 Å². The summed E-state index contributed by atoms with van der Waals surface area (Å²) in [4.78, 5) is 25.0. The van der Waals surface area contributed by atoms with E-state index in [-0.39, 0.29) is 27.9 Å². The molecule has 5 nitrogen and oxygen atoms in total. The highest BCUT2D eigenvalue weighted by Crippen LogP contribution is 2.19. The van der Waals surface area contributed by atoms with Crippen LogP contribution in [0.5, 0.6) is 0 Å². The van der Waals surface area contributed by atoms with Gasteiger partial charge in [0, 0.05) is 0 Å². The lowest BCUT2D eigenvalue weighted by atomic mass is 10.0. The maximum atomic E-state index is 12.6. The summed E-state index contributed by atoms with van der Waals surface area (Å²) in [5.41, 5.74) is 1.95. The van der Waals surface area contributed by atoms with Crippen LogP contribution in [-0.4, -0.2) is 15.7 Å². The molecule has 0 saturated heterocycles. The summed E-state index contributed by atoms with van der Waals surface area (Å²) in [6.07, 6.45) is 1.25. The van der Waals surface area contributed by atoms with Gasteiger partial charge in [-0.15, -0.1) is 0 Å². The normalized spacial score (nSPS) is 10.9. The zero-order valence-electron chi connectivity index (χ0n) is 15.4. The van der Waals surface area contributed by atoms with E-state index in [1.807, 2.05) is 24.3 Å². The molecule has 0 spiro atoms. The first-order chi connectivity index (χ1) is 13.4. The molecule has 0 fully saturated rings. The minimum Gasteiger partial charge on any atom is -0.457 e. The lowest BCUT2D eigenvalue weighted by Crippen LogP contribution is -2.23. The number of carbonyl (C=O) groups excluding carboxylic acids is 1. The van der Waals surface area contributed by atoms with E-state index < -0.39 is 11.5 Å². The number of esters is 1. The topological polar surface area (TPSA) is 61.2 Å². The maximum Gasteiger partial charge on any atom is 0.340 e. The molecule has 3 aromatic rings. The van der Waals surface area contributed by atoms with Gasteiger partial charge in [-0.25, -0.2) is 4.79 Å². The predicted molar refractivity (Wildman–Crippen MR) is 110 cm³/mol. The molecule has 0 amide bonds. The summed E-state index contributed by atoms with van der Waals surface area (Å²) < 4.78 is 6.46. The van der Waals surface area contributed by atoms with Crippen molar-refractivity contribution in [1.29, 1.82) is 0 Å². The summed E-state index contributed by atoms with van der Waals surface area (Å²) in [5, 5.41) is 3.86. The number of halogens is 2. The molecule has 0 aliphatic rings. The number of benzene rings is 2. The molecule has 3 rings (SSSR count). The van der Waals surface area contributed by atoms with Crippen LogP contribution in [0.15, 0.2) is 59.5 Å². The van der Waals surface area contributed by atoms with E-state index in [1.54, 1.807) is 24.3 Å². The minimum atomic E-state index is -0.612. The molecule has 1 heterocycles. The van der Waals surface area contributed by atoms with Gasteiger partial charge >= 0.3 is 5.97 Å². The van der Waals surface area contributed by atoms with Gasteiger partial charge in [0.05, 0.1) is 22.5 Å². The van der Waals surface area contributed by atoms with E-state index in [2.05, 4.69) is 18.9 Å². The van der Waals surface area contributed by atoms with E-state index in [0.717, 1.165) is 10.2 Å². The number of nitrogens with zero attached hydrogens (tertiary/aromatic N) is 2. The van der Waals surface area contributed by atoms with Crippen LogP contribution < -0.4 is 5.56 Å². The first-order valence-electron chi connectivity index (χ1n) is 8.67. The number of hydrogen-bond donors (Lipinski definition) is 0. The van der Waals surface area contributed by atoms with E-state index in [1.165, 1.54) is 11.8 Å². The summed E-state index contributed by atoms with van der Waals surface area (Å²) in [7, 11) is 0. The molecule has 0 aliphatic carbocycles. The Morgan fingerprint density at radius 3 is 2.46 bits per heavy atom. The smallest absolute Gasteiger partial charge is 0.340 e. The maximum absolute atomic E-state index is 12.6. The Bertz CT molecular complexity index is 1060. The fourth-order valence-electron chi connectivity index (χ4n) is 2.64. The highest BCUT2D eigenvalue weighted by molar-refractivity contribution is 6.41. The molecule has 28 heavy (non-hydrogen) atoms. The molecule has 1 aromatic heterocycles. The van der Waals surface area contributed by atoms with Crippen molar-refractivity contribution in [2.24, 2.45) is 0 Å². The van der Waals surface area contributed by atoms with Gasteiger partial charge in [-0.1, -0.05) is 73.4 Å². The lowest BCUT2D eigenvalue weighted by molar-refractivity contribution is 0.0472. The van der Waals surface area contributed by atoms with E-state index in [4.69, 9.17) is 27.9 Å². The Kier molecular flexibility index (Phi) is 6.17. The molecule has 7 heteroatoms. The Morgan fingerprint density at radius 2 is 1.79 bits per heavy atom. The predicted octanol–water partition coefficient (Wildman–Crippen LogP) is 5.02. The fourth-order valence-corrected chi connectivity index (χ4v) is 2.89. The zero-order valence-corrected chi connectivity index (χ0v) is 16.9. The zero-order chi connectivity index (χ0) is 20.3. The molecular weight excluding hydrogens is 399 g/mol. The van der Waals surface area contributed by atoms with Gasteiger partial charge in [0.15, 0.2) is 0 Å². The second kappa shape index (κ2) is 8.59. The van der Waals surface area contributed by atoms with Crippen LogP contribution in [-0.2, 0) is 11.3 Å². The number of para-hydroxylation sites is 1. The third-order valence-corrected chi connectivity index (χ3v) is 4.99. The SMILES string of the molecule is CC(C)c1ccc(COC(=O)c2ccccc2-n2ncc(Cl)c(Cl)c2=O)cc1. The molecule has 0 saturated carbocycles. The first-order valence-corrected chi connectivity index (χ1v) is 9.42. The summed E-state index contributed by atoms with van der Waals surface area (Å²) >= 11 is 11.7. The molecule has 0 bridgehead atoms. The second-order valence-corrected chi connectivity index (χ2v) is 7.30. The Morgan fingerprint density at radius 1 is 1.11 bits per heavy atom. The van der Waals surface area contributed by atoms with Gasteiger partial charge < -0.3 is 4.74 Å². The quantitative estimate of drug-likeness (QED) is 0.547. The lowest BCUT2D eigenvalue weighted by Gasteiger charge is -2.12. The van der Waals surface area contributed by atoms with Crippen molar-refractivity contribution in [3.8, 4) is 5.69 Å². The largest absolute Gasteiger partial charge is 0.457 e. The van der Waals surface area contributed by atoms with Gasteiger partial charge in [-0.05, 0) is 29.2 Å². The Balaban J connectivity index is 1.84. The molecule has 2 aromatic carbocycles. The van der Waals surface area contributed by atoms with Crippen LogP contribution in [0.25, 0.3) is 5.69 Å². The monoisotopic (exact) mass is 416 g/mol. The molecular formula is C21H18Cl2N2O3. The Hall–Kier alpha value is -2.63. The third-order valence-electron chi connectivity index (χ3n) is 4.24. The fraction of sp³-hybridized carbons (Fsp3) is 0.190. The van der Waals surface area contributed by atoms with Crippen LogP contribution in [0, 0.1) is 0 Å². The Labute approximate surface area is 172 Å². The third kappa shape index (κ3) is 4.26. The number of rotatable bonds is 5. The van der Waals surface area contributed by atoms with Crippen LogP contribution in [0.3, 0.4) is 0 Å². The van der Waals surface area contributed by atoms with Crippen LogP contribution in [0.1, 0.15) is 41.3 Å². The van der Waals surface area contributed by atoms with Crippen LogP contribution in [0.4, 0.5) is 0 Å². The van der Waals surface area contributed by atoms with Crippen molar-refractivity contribution in [3.05, 3.63) is 91.8 Å². The standard InChI is InChI=1S/C21H18Cl2N2O3/c1-13(2)15-9-7-14(8-10-15)12-28-21(27)16-5-3-4-6-18(16)25-20(26)19(23)17(22)11-24-25/h3-11,13H,12H2,1-2H3. The van der Waals surface area contributed by atoms with Crippen molar-refractivity contribution in [3.63, 3.8) is 0 Å². The molecule has 0 atom stereocenters. The van der Waals surface area contributed by atoms with Crippen molar-refractivity contribution in [2.75, 3.05) is 0 Å². The van der Waals surface area contributed by atoms with Gasteiger partial charge in [0.1, 0.15) is 11.6 Å². The highest BCUT2D eigenvalue weighted by atomic mass is 35.5. The summed E-state index contributed by atoms with van der Waals surface area (Å²) in [6, 6.07) is 14.4. The summed E-state index contributed by atoms with van der Waals surface area (Å²) in [6.45, 7) is 4.35. The molecule has 144 valence electrons. The van der Waals surface area contributed by atoms with Gasteiger partial charge in [-0.2, -0.15) is 9.78 Å². The molecule has 0 radical (unpaired) electrons. The van der Waals surface area contributed by atoms with E-state index in [0.29, 0.717) is 5.92 Å².